The first-order chi connectivity index (χ1) is 12.1. The monoisotopic (exact) mass is 363 g/mol. The molecular formula is C21H33NO4. The van der Waals surface area contributed by atoms with E-state index in [1.54, 1.807) is 0 Å². The Bertz CT molecular complexity index is 636. The number of primary amides is 1. The molecule has 5 rings (SSSR count). The largest absolute Gasteiger partial charge is 0.481 e. The molecule has 2 bridgehead atoms. The summed E-state index contributed by atoms with van der Waals surface area (Å²) in [6, 6.07) is 0. The Morgan fingerprint density at radius 1 is 1.08 bits per heavy atom. The zero-order valence-corrected chi connectivity index (χ0v) is 16.0. The molecule has 0 radical (unpaired) electrons. The Hall–Kier alpha value is -1.10. The minimum Gasteiger partial charge on any atom is -0.481 e. The highest BCUT2D eigenvalue weighted by molar-refractivity contribution is 5.75. The van der Waals surface area contributed by atoms with Crippen molar-refractivity contribution in [1.29, 1.82) is 0 Å². The van der Waals surface area contributed by atoms with Crippen LogP contribution in [0.2, 0.25) is 0 Å². The van der Waals surface area contributed by atoms with Gasteiger partial charge in [-0.3, -0.25) is 9.59 Å². The topological polar surface area (TPSA) is 101 Å². The molecule has 1 spiro atoms. The van der Waals surface area contributed by atoms with Crippen LogP contribution in [-0.4, -0.2) is 28.2 Å². The highest BCUT2D eigenvalue weighted by Crippen LogP contribution is 2.72. The average Bonchev–Trinajstić information content (AvgIpc) is 2.57. The molecule has 1 amide bonds. The molecule has 8 atom stereocenters. The van der Waals surface area contributed by atoms with E-state index in [0.29, 0.717) is 11.8 Å². The minimum absolute atomic E-state index is 0.00732. The Morgan fingerprint density at radius 2 is 1.77 bits per heavy atom. The second kappa shape index (κ2) is 5.70. The van der Waals surface area contributed by atoms with Crippen molar-refractivity contribution in [1.82, 2.24) is 0 Å². The maximum Gasteiger partial charge on any atom is 0.309 e. The molecule has 5 aliphatic carbocycles. The summed E-state index contributed by atoms with van der Waals surface area (Å²) >= 11 is 0. The van der Waals surface area contributed by atoms with Crippen molar-refractivity contribution in [2.24, 2.45) is 45.7 Å². The van der Waals surface area contributed by atoms with Gasteiger partial charge in [0.25, 0.3) is 0 Å². The van der Waals surface area contributed by atoms with Crippen LogP contribution in [0.15, 0.2) is 0 Å². The third kappa shape index (κ3) is 2.18. The summed E-state index contributed by atoms with van der Waals surface area (Å²) in [4.78, 5) is 23.7. The SMILES string of the molecule is C[C@@]12CCC[C@@](C)(C(=O)O)[C@H]1CC[C@@]13CC[C@H](C[C@@H]21)[C@H](CC(N)=O)[C@H]3O. The van der Waals surface area contributed by atoms with E-state index >= 15 is 0 Å². The molecule has 5 fully saturated rings. The van der Waals surface area contributed by atoms with Gasteiger partial charge < -0.3 is 15.9 Å². The van der Waals surface area contributed by atoms with Crippen molar-refractivity contribution in [3.63, 3.8) is 0 Å². The van der Waals surface area contributed by atoms with Crippen LogP contribution in [0.3, 0.4) is 0 Å². The molecule has 146 valence electrons. The second-order valence-corrected chi connectivity index (χ2v) is 10.3. The zero-order valence-electron chi connectivity index (χ0n) is 16.0. The molecule has 4 N–H and O–H groups in total. The predicted molar refractivity (Wildman–Crippen MR) is 97.0 cm³/mol. The molecule has 5 aliphatic rings. The number of carbonyl (C=O) groups is 2. The van der Waals surface area contributed by atoms with Crippen LogP contribution in [0.1, 0.15) is 71.6 Å². The molecule has 5 nitrogen and oxygen atoms in total. The van der Waals surface area contributed by atoms with Gasteiger partial charge in [-0.2, -0.15) is 0 Å². The number of hydrogen-bond donors (Lipinski definition) is 3. The fraction of sp³-hybridized carbons (Fsp3) is 0.905. The number of carboxylic acid groups (broad SMARTS) is 1. The quantitative estimate of drug-likeness (QED) is 0.717. The molecule has 0 aromatic carbocycles. The second-order valence-electron chi connectivity index (χ2n) is 10.3. The fourth-order valence-corrected chi connectivity index (χ4v) is 8.24. The van der Waals surface area contributed by atoms with Crippen molar-refractivity contribution in [2.75, 3.05) is 0 Å². The van der Waals surface area contributed by atoms with Gasteiger partial charge in [0.1, 0.15) is 0 Å². The highest BCUT2D eigenvalue weighted by Gasteiger charge is 2.68. The zero-order chi connectivity index (χ0) is 18.9. The molecule has 26 heavy (non-hydrogen) atoms. The van der Waals surface area contributed by atoms with Crippen molar-refractivity contribution >= 4 is 11.9 Å². The van der Waals surface area contributed by atoms with Crippen LogP contribution in [0.4, 0.5) is 0 Å². The summed E-state index contributed by atoms with van der Waals surface area (Å²) in [5.74, 6) is -0.0864. The molecule has 0 heterocycles. The molecule has 5 heteroatoms. The number of fused-ring (bicyclic) bond motifs is 3. The molecule has 0 aromatic heterocycles. The van der Waals surface area contributed by atoms with Crippen LogP contribution >= 0.6 is 0 Å². The molecule has 0 saturated heterocycles. The van der Waals surface area contributed by atoms with Gasteiger partial charge in [-0.05, 0) is 86.4 Å². The minimum atomic E-state index is -0.655. The van der Waals surface area contributed by atoms with Gasteiger partial charge in [-0.25, -0.2) is 0 Å². The summed E-state index contributed by atoms with van der Waals surface area (Å²) in [5, 5.41) is 21.3. The van der Waals surface area contributed by atoms with E-state index in [4.69, 9.17) is 5.73 Å². The van der Waals surface area contributed by atoms with E-state index in [-0.39, 0.29) is 35.0 Å². The third-order valence-electron chi connectivity index (χ3n) is 9.41. The van der Waals surface area contributed by atoms with E-state index < -0.39 is 17.5 Å². The van der Waals surface area contributed by atoms with Crippen LogP contribution < -0.4 is 5.73 Å². The van der Waals surface area contributed by atoms with Gasteiger partial charge in [-0.15, -0.1) is 0 Å². The lowest BCUT2D eigenvalue weighted by Gasteiger charge is -2.69. The predicted octanol–water partition coefficient (Wildman–Crippen LogP) is 2.95. The van der Waals surface area contributed by atoms with Gasteiger partial charge in [0.15, 0.2) is 0 Å². The van der Waals surface area contributed by atoms with Crippen molar-refractivity contribution in [3.05, 3.63) is 0 Å². The lowest BCUT2D eigenvalue weighted by molar-refractivity contribution is -0.244. The number of nitrogens with two attached hydrogens (primary N) is 1. The number of aliphatic hydroxyl groups excluding tert-OH is 1. The van der Waals surface area contributed by atoms with Crippen LogP contribution in [-0.2, 0) is 9.59 Å². The highest BCUT2D eigenvalue weighted by atomic mass is 16.4. The summed E-state index contributed by atoms with van der Waals surface area (Å²) in [6.07, 6.45) is 7.48. The number of aliphatic hydroxyl groups is 1. The first-order valence-electron chi connectivity index (χ1n) is 10.3. The lowest BCUT2D eigenvalue weighted by Crippen LogP contribution is -2.67. The Kier molecular flexibility index (Phi) is 4.00. The number of amides is 1. The number of carbonyl (C=O) groups excluding carboxylic acids is 1. The molecule has 5 saturated carbocycles. The van der Waals surface area contributed by atoms with E-state index in [2.05, 4.69) is 6.92 Å². The number of rotatable bonds is 3. The summed E-state index contributed by atoms with van der Waals surface area (Å²) in [5.41, 5.74) is 4.65. The van der Waals surface area contributed by atoms with Gasteiger partial charge in [0, 0.05) is 6.42 Å². The van der Waals surface area contributed by atoms with E-state index in [1.807, 2.05) is 6.92 Å². The first kappa shape index (κ1) is 18.3. The summed E-state index contributed by atoms with van der Waals surface area (Å²) in [7, 11) is 0. The summed E-state index contributed by atoms with van der Waals surface area (Å²) in [6.45, 7) is 4.25. The van der Waals surface area contributed by atoms with Crippen molar-refractivity contribution < 1.29 is 19.8 Å². The standard InChI is InChI=1S/C21H33NO4/c1-19-6-3-7-20(2,18(25)26)14(19)5-9-21-8-4-12(10-15(19)21)13(17(21)24)11-16(22)23/h12-15,17,24H,3-11H2,1-2H3,(H2,22,23)(H,25,26)/t12-,13+,14+,15+,17-,19-,20-,21+/m1/s1. The van der Waals surface area contributed by atoms with Gasteiger partial charge in [0.05, 0.1) is 11.5 Å². The van der Waals surface area contributed by atoms with Gasteiger partial charge in [-0.1, -0.05) is 13.3 Å². The maximum atomic E-state index is 12.1. The number of hydrogen-bond acceptors (Lipinski definition) is 3. The Morgan fingerprint density at radius 3 is 2.42 bits per heavy atom. The maximum absolute atomic E-state index is 12.1. The number of aliphatic carboxylic acids is 1. The van der Waals surface area contributed by atoms with Gasteiger partial charge >= 0.3 is 5.97 Å². The van der Waals surface area contributed by atoms with E-state index in [9.17, 15) is 19.8 Å². The van der Waals surface area contributed by atoms with Crippen LogP contribution in [0.5, 0.6) is 0 Å². The van der Waals surface area contributed by atoms with Gasteiger partial charge in [0.2, 0.25) is 5.91 Å². The Balaban J connectivity index is 1.71. The van der Waals surface area contributed by atoms with Crippen molar-refractivity contribution in [2.45, 2.75) is 77.7 Å². The Labute approximate surface area is 155 Å². The lowest BCUT2D eigenvalue weighted by atomic mass is 9.35. The first-order valence-corrected chi connectivity index (χ1v) is 10.3. The van der Waals surface area contributed by atoms with E-state index in [1.165, 1.54) is 0 Å². The smallest absolute Gasteiger partial charge is 0.309 e. The molecule has 0 aromatic rings. The van der Waals surface area contributed by atoms with Crippen molar-refractivity contribution in [3.8, 4) is 0 Å². The molecule has 0 unspecified atom stereocenters. The number of carboxylic acids is 1. The van der Waals surface area contributed by atoms with Crippen LogP contribution in [0.25, 0.3) is 0 Å². The molecular weight excluding hydrogens is 330 g/mol. The summed E-state index contributed by atoms with van der Waals surface area (Å²) < 4.78 is 0. The molecule has 0 aliphatic heterocycles. The normalized spacial score (nSPS) is 52.8. The fourth-order valence-electron chi connectivity index (χ4n) is 8.24. The third-order valence-corrected chi connectivity index (χ3v) is 9.41. The van der Waals surface area contributed by atoms with E-state index in [0.717, 1.165) is 51.4 Å². The average molecular weight is 363 g/mol. The van der Waals surface area contributed by atoms with Crippen LogP contribution in [0, 0.1) is 39.9 Å².